The van der Waals surface area contributed by atoms with Crippen LogP contribution in [-0.4, -0.2) is 4.57 Å². The quantitative estimate of drug-likeness (QED) is 0.241. The van der Waals surface area contributed by atoms with Gasteiger partial charge in [-0.2, -0.15) is 0 Å². The van der Waals surface area contributed by atoms with E-state index in [1.807, 2.05) is 0 Å². The SMILES string of the molecule is c1ccc(-c2cc(-c3ccccc3)cc(-c3ccccc3-n3c4ccccc4c4ccccc43)c2)cc1. The van der Waals surface area contributed by atoms with E-state index >= 15 is 0 Å². The first-order valence-electron chi connectivity index (χ1n) is 12.7. The zero-order chi connectivity index (χ0) is 24.6. The van der Waals surface area contributed by atoms with Crippen molar-refractivity contribution in [1.82, 2.24) is 4.57 Å². The van der Waals surface area contributed by atoms with Crippen LogP contribution in [0.25, 0.3) is 60.9 Å². The molecule has 1 heterocycles. The van der Waals surface area contributed by atoms with Crippen LogP contribution in [0.3, 0.4) is 0 Å². The molecule has 0 spiro atoms. The molecule has 0 amide bonds. The molecule has 1 heteroatoms. The molecule has 0 N–H and O–H groups in total. The normalized spacial score (nSPS) is 11.2. The molecule has 0 fully saturated rings. The fourth-order valence-electron chi connectivity index (χ4n) is 5.47. The maximum atomic E-state index is 2.41. The Bertz CT molecular complexity index is 1750. The number of para-hydroxylation sites is 3. The Morgan fingerprint density at radius 1 is 0.324 bits per heavy atom. The van der Waals surface area contributed by atoms with Crippen molar-refractivity contribution in [2.75, 3.05) is 0 Å². The first kappa shape index (κ1) is 21.4. The van der Waals surface area contributed by atoms with Gasteiger partial charge < -0.3 is 4.57 Å². The fourth-order valence-corrected chi connectivity index (χ4v) is 5.47. The van der Waals surface area contributed by atoms with Crippen LogP contribution in [0, 0.1) is 0 Å². The van der Waals surface area contributed by atoms with Gasteiger partial charge in [0.15, 0.2) is 0 Å². The Labute approximate surface area is 216 Å². The van der Waals surface area contributed by atoms with Crippen LogP contribution >= 0.6 is 0 Å². The molecule has 1 aromatic heterocycles. The van der Waals surface area contributed by atoms with Gasteiger partial charge in [0, 0.05) is 16.3 Å². The smallest absolute Gasteiger partial charge is 0.0541 e. The zero-order valence-electron chi connectivity index (χ0n) is 20.4. The summed E-state index contributed by atoms with van der Waals surface area (Å²) in [5.74, 6) is 0. The average molecular weight is 472 g/mol. The number of fused-ring (bicyclic) bond motifs is 3. The van der Waals surface area contributed by atoms with E-state index in [0.717, 1.165) is 0 Å². The number of benzene rings is 6. The lowest BCUT2D eigenvalue weighted by atomic mass is 9.92. The Kier molecular flexibility index (Phi) is 5.19. The van der Waals surface area contributed by atoms with Crippen LogP contribution in [0.2, 0.25) is 0 Å². The lowest BCUT2D eigenvalue weighted by molar-refractivity contribution is 1.18. The molecule has 37 heavy (non-hydrogen) atoms. The molecule has 174 valence electrons. The van der Waals surface area contributed by atoms with E-state index in [1.165, 1.54) is 60.9 Å². The van der Waals surface area contributed by atoms with Crippen LogP contribution in [0.4, 0.5) is 0 Å². The molecule has 0 aliphatic heterocycles. The number of aromatic nitrogens is 1. The monoisotopic (exact) mass is 471 g/mol. The van der Waals surface area contributed by atoms with Crippen LogP contribution in [0.15, 0.2) is 152 Å². The van der Waals surface area contributed by atoms with Crippen molar-refractivity contribution in [3.63, 3.8) is 0 Å². The van der Waals surface area contributed by atoms with E-state index in [2.05, 4.69) is 156 Å². The third kappa shape index (κ3) is 3.73. The van der Waals surface area contributed by atoms with Crippen molar-refractivity contribution in [1.29, 1.82) is 0 Å². The minimum atomic E-state index is 1.18. The van der Waals surface area contributed by atoms with Gasteiger partial charge in [-0.3, -0.25) is 0 Å². The van der Waals surface area contributed by atoms with Gasteiger partial charge in [0.1, 0.15) is 0 Å². The highest BCUT2D eigenvalue weighted by molar-refractivity contribution is 6.09. The van der Waals surface area contributed by atoms with E-state index < -0.39 is 0 Å². The average Bonchev–Trinajstić information content (AvgIpc) is 3.32. The van der Waals surface area contributed by atoms with E-state index in [0.29, 0.717) is 0 Å². The largest absolute Gasteiger partial charge is 0.309 e. The second kappa shape index (κ2) is 8.96. The molecule has 0 atom stereocenters. The Morgan fingerprint density at radius 2 is 0.757 bits per heavy atom. The summed E-state index contributed by atoms with van der Waals surface area (Å²) in [4.78, 5) is 0. The summed E-state index contributed by atoms with van der Waals surface area (Å²) in [5.41, 5.74) is 10.9. The molecule has 0 radical (unpaired) electrons. The summed E-state index contributed by atoms with van der Waals surface area (Å²) >= 11 is 0. The zero-order valence-corrected chi connectivity index (χ0v) is 20.4. The first-order chi connectivity index (χ1) is 18.4. The molecular weight excluding hydrogens is 446 g/mol. The fraction of sp³-hybridized carbons (Fsp3) is 0. The van der Waals surface area contributed by atoms with Gasteiger partial charge in [-0.1, -0.05) is 115 Å². The summed E-state index contributed by atoms with van der Waals surface area (Å²) in [7, 11) is 0. The van der Waals surface area contributed by atoms with Gasteiger partial charge in [0.25, 0.3) is 0 Å². The molecule has 0 unspecified atom stereocenters. The van der Waals surface area contributed by atoms with Gasteiger partial charge in [-0.05, 0) is 64.2 Å². The molecule has 0 bridgehead atoms. The van der Waals surface area contributed by atoms with Gasteiger partial charge >= 0.3 is 0 Å². The number of rotatable bonds is 4. The maximum Gasteiger partial charge on any atom is 0.0541 e. The molecule has 6 aromatic carbocycles. The predicted molar refractivity (Wildman–Crippen MR) is 157 cm³/mol. The molecule has 7 rings (SSSR count). The number of hydrogen-bond donors (Lipinski definition) is 0. The molecule has 0 saturated heterocycles. The summed E-state index contributed by atoms with van der Waals surface area (Å²) < 4.78 is 2.41. The lowest BCUT2D eigenvalue weighted by Crippen LogP contribution is -1.97. The van der Waals surface area contributed by atoms with Crippen LogP contribution in [-0.2, 0) is 0 Å². The number of nitrogens with zero attached hydrogens (tertiary/aromatic N) is 1. The third-order valence-corrected chi connectivity index (χ3v) is 7.18. The Balaban J connectivity index is 1.52. The Hall–Kier alpha value is -4.88. The van der Waals surface area contributed by atoms with Crippen molar-refractivity contribution >= 4 is 21.8 Å². The molecule has 1 nitrogen and oxygen atoms in total. The highest BCUT2D eigenvalue weighted by Crippen LogP contribution is 2.38. The topological polar surface area (TPSA) is 4.93 Å². The predicted octanol–water partition coefficient (Wildman–Crippen LogP) is 9.78. The second-order valence-electron chi connectivity index (χ2n) is 9.42. The second-order valence-corrected chi connectivity index (χ2v) is 9.42. The highest BCUT2D eigenvalue weighted by atomic mass is 15.0. The van der Waals surface area contributed by atoms with Crippen molar-refractivity contribution < 1.29 is 0 Å². The van der Waals surface area contributed by atoms with Crippen molar-refractivity contribution in [3.05, 3.63) is 152 Å². The standard InChI is InChI=1S/C36H25N/c1-3-13-26(14-4-1)28-23-29(27-15-5-2-6-16-27)25-30(24-28)31-17-7-10-20-34(31)37-35-21-11-8-18-32(35)33-19-9-12-22-36(33)37/h1-25H. The van der Waals surface area contributed by atoms with Crippen LogP contribution in [0.1, 0.15) is 0 Å². The van der Waals surface area contributed by atoms with Gasteiger partial charge in [-0.25, -0.2) is 0 Å². The Morgan fingerprint density at radius 3 is 1.32 bits per heavy atom. The van der Waals surface area contributed by atoms with Crippen molar-refractivity contribution in [3.8, 4) is 39.1 Å². The van der Waals surface area contributed by atoms with Gasteiger partial charge in [0.2, 0.25) is 0 Å². The van der Waals surface area contributed by atoms with Crippen molar-refractivity contribution in [2.45, 2.75) is 0 Å². The summed E-state index contributed by atoms with van der Waals surface area (Å²) in [6.07, 6.45) is 0. The van der Waals surface area contributed by atoms with Gasteiger partial charge in [-0.15, -0.1) is 0 Å². The molecular formula is C36H25N. The van der Waals surface area contributed by atoms with E-state index in [9.17, 15) is 0 Å². The minimum absolute atomic E-state index is 1.18. The minimum Gasteiger partial charge on any atom is -0.309 e. The first-order valence-corrected chi connectivity index (χ1v) is 12.7. The number of hydrogen-bond acceptors (Lipinski definition) is 0. The van der Waals surface area contributed by atoms with Gasteiger partial charge in [0.05, 0.1) is 16.7 Å². The highest BCUT2D eigenvalue weighted by Gasteiger charge is 2.16. The van der Waals surface area contributed by atoms with E-state index in [1.54, 1.807) is 0 Å². The maximum absolute atomic E-state index is 2.41. The molecule has 0 saturated carbocycles. The lowest BCUT2D eigenvalue weighted by Gasteiger charge is -2.16. The molecule has 0 aliphatic rings. The summed E-state index contributed by atoms with van der Waals surface area (Å²) in [6.45, 7) is 0. The van der Waals surface area contributed by atoms with Crippen molar-refractivity contribution in [2.24, 2.45) is 0 Å². The van der Waals surface area contributed by atoms with Crippen LogP contribution < -0.4 is 0 Å². The summed E-state index contributed by atoms with van der Waals surface area (Å²) in [5, 5.41) is 2.55. The third-order valence-electron chi connectivity index (χ3n) is 7.18. The molecule has 0 aliphatic carbocycles. The summed E-state index contributed by atoms with van der Waals surface area (Å²) in [6, 6.07) is 54.5. The van der Waals surface area contributed by atoms with E-state index in [4.69, 9.17) is 0 Å². The van der Waals surface area contributed by atoms with Crippen LogP contribution in [0.5, 0.6) is 0 Å². The molecule has 7 aromatic rings. The van der Waals surface area contributed by atoms with E-state index in [-0.39, 0.29) is 0 Å².